The summed E-state index contributed by atoms with van der Waals surface area (Å²) in [5.74, 6) is 0.116. The van der Waals surface area contributed by atoms with Crippen molar-refractivity contribution in [3.8, 4) is 0 Å². The normalized spacial score (nSPS) is 18.2. The minimum absolute atomic E-state index is 0.115. The molecule has 1 aromatic rings. The van der Waals surface area contributed by atoms with Crippen LogP contribution in [0.25, 0.3) is 0 Å². The molecule has 0 N–H and O–H groups in total. The molecule has 0 radical (unpaired) electrons. The number of amides is 2. The number of hydrogen-bond donors (Lipinski definition) is 0. The summed E-state index contributed by atoms with van der Waals surface area (Å²) >= 11 is 1.48. The first-order valence-corrected chi connectivity index (χ1v) is 6.84. The highest BCUT2D eigenvalue weighted by atomic mass is 32.2. The van der Waals surface area contributed by atoms with E-state index in [0.717, 1.165) is 5.56 Å². The molecule has 0 aliphatic carbocycles. The third-order valence-corrected chi connectivity index (χ3v) is 3.63. The molecule has 0 atom stereocenters. The topological polar surface area (TPSA) is 37.4 Å². The van der Waals surface area contributed by atoms with Crippen LogP contribution in [0.1, 0.15) is 29.8 Å². The molecule has 2 amide bonds. The fourth-order valence-corrected chi connectivity index (χ4v) is 2.64. The van der Waals surface area contributed by atoms with E-state index in [-0.39, 0.29) is 11.8 Å². The van der Waals surface area contributed by atoms with E-state index < -0.39 is 5.41 Å². The van der Waals surface area contributed by atoms with Gasteiger partial charge in [0.25, 0.3) is 5.91 Å². The van der Waals surface area contributed by atoms with Crippen molar-refractivity contribution in [3.63, 3.8) is 0 Å². The Hall–Kier alpha value is -1.29. The number of benzene rings is 1. The molecule has 1 heterocycles. The minimum Gasteiger partial charge on any atom is -0.273 e. The minimum atomic E-state index is -0.625. The van der Waals surface area contributed by atoms with Crippen molar-refractivity contribution in [1.29, 1.82) is 0 Å². The van der Waals surface area contributed by atoms with E-state index in [2.05, 4.69) is 0 Å². The second-order valence-electron chi connectivity index (χ2n) is 4.63. The Bertz CT molecular complexity index is 482. The van der Waals surface area contributed by atoms with Crippen LogP contribution in [0.3, 0.4) is 0 Å². The molecular weight excluding hydrogens is 234 g/mol. The highest BCUT2D eigenvalue weighted by molar-refractivity contribution is 7.98. The second kappa shape index (κ2) is 4.18. The third kappa shape index (κ3) is 1.76. The van der Waals surface area contributed by atoms with E-state index >= 15 is 0 Å². The molecular formula is C13H15NO2S. The van der Waals surface area contributed by atoms with Crippen molar-refractivity contribution in [2.75, 3.05) is 12.1 Å². The zero-order chi connectivity index (χ0) is 12.6. The lowest BCUT2D eigenvalue weighted by Gasteiger charge is -2.36. The fraction of sp³-hybridized carbons (Fsp3) is 0.385. The number of thioether (sulfide) groups is 1. The standard InChI is InChI=1S/C13H15NO2S/c1-13(2)10-7-5-4-6-9(10)11(15)14(8-17-3)12(13)16/h4-7H,8H2,1-3H3. The predicted octanol–water partition coefficient (Wildman–Crippen LogP) is 2.27. The van der Waals surface area contributed by atoms with Gasteiger partial charge in [-0.1, -0.05) is 18.2 Å². The molecule has 17 heavy (non-hydrogen) atoms. The maximum Gasteiger partial charge on any atom is 0.261 e. The molecule has 2 rings (SSSR count). The quantitative estimate of drug-likeness (QED) is 0.755. The van der Waals surface area contributed by atoms with Gasteiger partial charge in [0.1, 0.15) is 0 Å². The van der Waals surface area contributed by atoms with Crippen LogP contribution in [-0.4, -0.2) is 28.8 Å². The zero-order valence-electron chi connectivity index (χ0n) is 10.2. The molecule has 0 spiro atoms. The molecule has 0 saturated heterocycles. The van der Waals surface area contributed by atoms with Crippen molar-refractivity contribution in [3.05, 3.63) is 35.4 Å². The molecule has 1 aliphatic rings. The average Bonchev–Trinajstić information content (AvgIpc) is 2.33. The Morgan fingerprint density at radius 3 is 2.53 bits per heavy atom. The maximum absolute atomic E-state index is 12.3. The summed E-state index contributed by atoms with van der Waals surface area (Å²) in [5, 5.41) is 0. The largest absolute Gasteiger partial charge is 0.273 e. The van der Waals surface area contributed by atoms with Gasteiger partial charge in [-0.25, -0.2) is 0 Å². The van der Waals surface area contributed by atoms with E-state index in [1.54, 1.807) is 6.07 Å². The summed E-state index contributed by atoms with van der Waals surface area (Å²) in [6.07, 6.45) is 1.88. The van der Waals surface area contributed by atoms with Crippen molar-refractivity contribution >= 4 is 23.6 Å². The van der Waals surface area contributed by atoms with Crippen molar-refractivity contribution in [2.24, 2.45) is 0 Å². The van der Waals surface area contributed by atoms with Crippen molar-refractivity contribution in [2.45, 2.75) is 19.3 Å². The zero-order valence-corrected chi connectivity index (χ0v) is 11.0. The monoisotopic (exact) mass is 249 g/mol. The highest BCUT2D eigenvalue weighted by Crippen LogP contribution is 2.34. The van der Waals surface area contributed by atoms with Crippen LogP contribution in [0.5, 0.6) is 0 Å². The molecule has 1 aliphatic heterocycles. The van der Waals surface area contributed by atoms with E-state index in [9.17, 15) is 9.59 Å². The molecule has 4 heteroatoms. The lowest BCUT2D eigenvalue weighted by molar-refractivity contribution is -0.133. The van der Waals surface area contributed by atoms with Crippen LogP contribution in [0.4, 0.5) is 0 Å². The summed E-state index contributed by atoms with van der Waals surface area (Å²) in [5.41, 5.74) is 0.846. The van der Waals surface area contributed by atoms with Crippen LogP contribution >= 0.6 is 11.8 Å². The Labute approximate surface area is 105 Å². The molecule has 0 saturated carbocycles. The van der Waals surface area contributed by atoms with Gasteiger partial charge < -0.3 is 0 Å². The van der Waals surface area contributed by atoms with Crippen molar-refractivity contribution in [1.82, 2.24) is 4.90 Å². The van der Waals surface area contributed by atoms with E-state index in [0.29, 0.717) is 11.4 Å². The Morgan fingerprint density at radius 2 is 1.88 bits per heavy atom. The van der Waals surface area contributed by atoms with Gasteiger partial charge in [-0.15, -0.1) is 11.8 Å². The number of rotatable bonds is 2. The number of nitrogens with zero attached hydrogens (tertiary/aromatic N) is 1. The van der Waals surface area contributed by atoms with Crippen LogP contribution in [0.15, 0.2) is 24.3 Å². The second-order valence-corrected chi connectivity index (χ2v) is 5.46. The Morgan fingerprint density at radius 1 is 1.24 bits per heavy atom. The molecule has 0 unspecified atom stereocenters. The lowest BCUT2D eigenvalue weighted by Crippen LogP contribution is -2.51. The van der Waals surface area contributed by atoms with Gasteiger partial charge in [0.05, 0.1) is 11.3 Å². The van der Waals surface area contributed by atoms with Crippen LogP contribution in [-0.2, 0) is 10.2 Å². The van der Waals surface area contributed by atoms with Crippen LogP contribution in [0.2, 0.25) is 0 Å². The third-order valence-electron chi connectivity index (χ3n) is 3.11. The number of carbonyl (C=O) groups is 2. The molecule has 1 aromatic carbocycles. The molecule has 90 valence electrons. The first-order valence-electron chi connectivity index (χ1n) is 5.45. The van der Waals surface area contributed by atoms with Gasteiger partial charge in [0.2, 0.25) is 5.91 Å². The molecule has 0 bridgehead atoms. The van der Waals surface area contributed by atoms with Gasteiger partial charge >= 0.3 is 0 Å². The lowest BCUT2D eigenvalue weighted by atomic mass is 9.77. The summed E-state index contributed by atoms with van der Waals surface area (Å²) in [6.45, 7) is 3.74. The van der Waals surface area contributed by atoms with Crippen molar-refractivity contribution < 1.29 is 9.59 Å². The molecule has 3 nitrogen and oxygen atoms in total. The Kier molecular flexibility index (Phi) is 3.00. The number of carbonyl (C=O) groups excluding carboxylic acids is 2. The van der Waals surface area contributed by atoms with E-state index in [1.807, 2.05) is 38.3 Å². The first-order chi connectivity index (χ1) is 8.00. The fourth-order valence-electron chi connectivity index (χ4n) is 2.15. The molecule has 0 aromatic heterocycles. The van der Waals surface area contributed by atoms with Gasteiger partial charge in [0.15, 0.2) is 0 Å². The number of fused-ring (bicyclic) bond motifs is 1. The van der Waals surface area contributed by atoms with Gasteiger partial charge in [0, 0.05) is 5.56 Å². The number of hydrogen-bond acceptors (Lipinski definition) is 3. The van der Waals surface area contributed by atoms with Crippen LogP contribution in [0, 0.1) is 0 Å². The first kappa shape index (κ1) is 12.2. The molecule has 0 fully saturated rings. The summed E-state index contributed by atoms with van der Waals surface area (Å²) in [6, 6.07) is 7.35. The Balaban J connectivity index is 2.58. The summed E-state index contributed by atoms with van der Waals surface area (Å²) in [7, 11) is 0. The summed E-state index contributed by atoms with van der Waals surface area (Å²) in [4.78, 5) is 25.8. The van der Waals surface area contributed by atoms with Gasteiger partial charge in [-0.2, -0.15) is 0 Å². The highest BCUT2D eigenvalue weighted by Gasteiger charge is 2.43. The van der Waals surface area contributed by atoms with Gasteiger partial charge in [-0.3, -0.25) is 14.5 Å². The number of imide groups is 1. The SMILES string of the molecule is CSCN1C(=O)c2ccccc2C(C)(C)C1=O. The van der Waals surface area contributed by atoms with Crippen LogP contribution < -0.4 is 0 Å². The predicted molar refractivity (Wildman–Crippen MR) is 69.0 cm³/mol. The summed E-state index contributed by atoms with van der Waals surface area (Å²) < 4.78 is 0. The average molecular weight is 249 g/mol. The van der Waals surface area contributed by atoms with E-state index in [4.69, 9.17) is 0 Å². The van der Waals surface area contributed by atoms with Gasteiger partial charge in [-0.05, 0) is 31.7 Å². The maximum atomic E-state index is 12.3. The van der Waals surface area contributed by atoms with E-state index in [1.165, 1.54) is 16.7 Å². The smallest absolute Gasteiger partial charge is 0.261 e.